The monoisotopic (exact) mass is 537 g/mol. The highest BCUT2D eigenvalue weighted by Crippen LogP contribution is 2.36. The van der Waals surface area contributed by atoms with Gasteiger partial charge in [0.15, 0.2) is 0 Å². The Morgan fingerprint density at radius 3 is 2.37 bits per heavy atom. The number of ether oxygens (including phenoxy) is 4. The molecular formula is C28H31N3O6S. The molecule has 1 aliphatic rings. The summed E-state index contributed by atoms with van der Waals surface area (Å²) in [6.45, 7) is 0.454. The first kappa shape index (κ1) is 27.2. The second kappa shape index (κ2) is 12.6. The lowest BCUT2D eigenvalue weighted by molar-refractivity contribution is -0.133. The number of benzene rings is 2. The lowest BCUT2D eigenvalue weighted by Crippen LogP contribution is -2.42. The van der Waals surface area contributed by atoms with Crippen LogP contribution in [0.2, 0.25) is 0 Å². The summed E-state index contributed by atoms with van der Waals surface area (Å²) in [5.41, 5.74) is 2.37. The minimum absolute atomic E-state index is 0.136. The van der Waals surface area contributed by atoms with Crippen molar-refractivity contribution in [2.24, 2.45) is 5.10 Å². The third kappa shape index (κ3) is 5.98. The van der Waals surface area contributed by atoms with Crippen LogP contribution in [-0.2, 0) is 9.53 Å². The molecule has 1 aliphatic heterocycles. The van der Waals surface area contributed by atoms with Crippen molar-refractivity contribution < 1.29 is 28.5 Å². The third-order valence-electron chi connectivity index (χ3n) is 6.30. The first-order valence-corrected chi connectivity index (χ1v) is 12.9. The number of rotatable bonds is 11. The SMILES string of the molecule is COCCN(CC(=O)N1N=C(c2ccc(OC)cc2OC)CC1c1ccc(OC)cc1)C(=O)c1cccs1. The average Bonchev–Trinajstić information content (AvgIpc) is 3.65. The van der Waals surface area contributed by atoms with Crippen molar-refractivity contribution in [3.8, 4) is 17.2 Å². The van der Waals surface area contributed by atoms with Gasteiger partial charge in [0.2, 0.25) is 0 Å². The highest BCUT2D eigenvalue weighted by molar-refractivity contribution is 7.12. The Balaban J connectivity index is 1.67. The van der Waals surface area contributed by atoms with E-state index in [9.17, 15) is 9.59 Å². The number of carbonyl (C=O) groups is 2. The molecule has 0 saturated carbocycles. The van der Waals surface area contributed by atoms with Crippen LogP contribution in [0.1, 0.15) is 33.3 Å². The minimum atomic E-state index is -0.365. The summed E-state index contributed by atoms with van der Waals surface area (Å²) < 4.78 is 21.4. The fraction of sp³-hybridized carbons (Fsp3) is 0.321. The number of thiophene rings is 1. The van der Waals surface area contributed by atoms with E-state index in [1.807, 2.05) is 47.8 Å². The second-order valence-electron chi connectivity index (χ2n) is 8.54. The smallest absolute Gasteiger partial charge is 0.264 e. The van der Waals surface area contributed by atoms with Crippen LogP contribution < -0.4 is 14.2 Å². The number of hydrazone groups is 1. The van der Waals surface area contributed by atoms with Gasteiger partial charge in [-0.1, -0.05) is 18.2 Å². The summed E-state index contributed by atoms with van der Waals surface area (Å²) in [6.07, 6.45) is 0.470. The van der Waals surface area contributed by atoms with Crippen LogP contribution in [0.4, 0.5) is 0 Å². The predicted molar refractivity (Wildman–Crippen MR) is 145 cm³/mol. The minimum Gasteiger partial charge on any atom is -0.497 e. The molecule has 2 aromatic carbocycles. The van der Waals surface area contributed by atoms with Crippen molar-refractivity contribution in [1.82, 2.24) is 9.91 Å². The molecule has 1 unspecified atom stereocenters. The van der Waals surface area contributed by atoms with Crippen LogP contribution in [0.5, 0.6) is 17.2 Å². The third-order valence-corrected chi connectivity index (χ3v) is 7.15. The van der Waals surface area contributed by atoms with Crippen LogP contribution >= 0.6 is 11.3 Å². The van der Waals surface area contributed by atoms with Gasteiger partial charge in [0.05, 0.1) is 44.6 Å². The Morgan fingerprint density at radius 2 is 1.74 bits per heavy atom. The Kier molecular flexibility index (Phi) is 8.98. The summed E-state index contributed by atoms with van der Waals surface area (Å²) in [5.74, 6) is 1.46. The van der Waals surface area contributed by atoms with Gasteiger partial charge in [-0.15, -0.1) is 11.3 Å². The highest BCUT2D eigenvalue weighted by atomic mass is 32.1. The van der Waals surface area contributed by atoms with E-state index in [0.29, 0.717) is 35.1 Å². The zero-order valence-corrected chi connectivity index (χ0v) is 22.7. The van der Waals surface area contributed by atoms with Crippen molar-refractivity contribution in [3.05, 3.63) is 76.0 Å². The highest BCUT2D eigenvalue weighted by Gasteiger charge is 2.35. The maximum Gasteiger partial charge on any atom is 0.264 e. The number of hydrogen-bond donors (Lipinski definition) is 0. The fourth-order valence-corrected chi connectivity index (χ4v) is 4.96. The van der Waals surface area contributed by atoms with E-state index in [1.54, 1.807) is 40.6 Å². The Hall–Kier alpha value is -3.89. The predicted octanol–water partition coefficient (Wildman–Crippen LogP) is 4.24. The quantitative estimate of drug-likeness (QED) is 0.364. The van der Waals surface area contributed by atoms with Gasteiger partial charge in [0.1, 0.15) is 23.8 Å². The zero-order chi connectivity index (χ0) is 27.1. The van der Waals surface area contributed by atoms with Crippen molar-refractivity contribution in [2.75, 3.05) is 48.1 Å². The molecule has 9 nitrogen and oxygen atoms in total. The van der Waals surface area contributed by atoms with Crippen molar-refractivity contribution in [1.29, 1.82) is 0 Å². The van der Waals surface area contributed by atoms with Gasteiger partial charge in [0, 0.05) is 31.7 Å². The maximum atomic E-state index is 13.7. The summed E-state index contributed by atoms with van der Waals surface area (Å²) in [5, 5.41) is 8.07. The Labute approximate surface area is 226 Å². The average molecular weight is 538 g/mol. The molecule has 38 heavy (non-hydrogen) atoms. The molecule has 2 heterocycles. The molecule has 0 bridgehead atoms. The topological polar surface area (TPSA) is 89.9 Å². The second-order valence-corrected chi connectivity index (χ2v) is 9.49. The lowest BCUT2D eigenvalue weighted by Gasteiger charge is -2.26. The molecule has 4 rings (SSSR count). The molecule has 0 saturated heterocycles. The molecule has 0 aliphatic carbocycles. The Morgan fingerprint density at radius 1 is 1.00 bits per heavy atom. The van der Waals surface area contributed by atoms with Crippen molar-refractivity contribution in [3.63, 3.8) is 0 Å². The van der Waals surface area contributed by atoms with E-state index in [2.05, 4.69) is 0 Å². The summed E-state index contributed by atoms with van der Waals surface area (Å²) in [4.78, 5) is 29.0. The molecule has 3 aromatic rings. The van der Waals surface area contributed by atoms with Gasteiger partial charge in [-0.05, 0) is 41.3 Å². The molecule has 0 fully saturated rings. The van der Waals surface area contributed by atoms with E-state index in [4.69, 9.17) is 24.0 Å². The van der Waals surface area contributed by atoms with Crippen LogP contribution in [0, 0.1) is 0 Å². The van der Waals surface area contributed by atoms with Crippen molar-refractivity contribution >= 4 is 28.9 Å². The van der Waals surface area contributed by atoms with Crippen LogP contribution in [0.25, 0.3) is 0 Å². The van der Waals surface area contributed by atoms with Gasteiger partial charge in [-0.2, -0.15) is 5.10 Å². The van der Waals surface area contributed by atoms with Gasteiger partial charge in [-0.25, -0.2) is 5.01 Å². The van der Waals surface area contributed by atoms with E-state index >= 15 is 0 Å². The maximum absolute atomic E-state index is 13.7. The van der Waals surface area contributed by atoms with E-state index in [-0.39, 0.29) is 30.9 Å². The van der Waals surface area contributed by atoms with E-state index < -0.39 is 0 Å². The van der Waals surface area contributed by atoms with Crippen LogP contribution in [0.15, 0.2) is 65.1 Å². The van der Waals surface area contributed by atoms with Gasteiger partial charge < -0.3 is 23.8 Å². The normalized spacial score (nSPS) is 14.7. The number of hydrogen-bond acceptors (Lipinski definition) is 8. The molecule has 0 N–H and O–H groups in total. The van der Waals surface area contributed by atoms with E-state index in [0.717, 1.165) is 16.9 Å². The van der Waals surface area contributed by atoms with Gasteiger partial charge in [-0.3, -0.25) is 9.59 Å². The first-order chi connectivity index (χ1) is 18.5. The molecule has 200 valence electrons. The van der Waals surface area contributed by atoms with Crippen molar-refractivity contribution in [2.45, 2.75) is 12.5 Å². The molecule has 1 aromatic heterocycles. The number of amides is 2. The number of methoxy groups -OCH3 is 4. The molecule has 1 atom stereocenters. The summed E-state index contributed by atoms with van der Waals surface area (Å²) >= 11 is 1.34. The zero-order valence-electron chi connectivity index (χ0n) is 21.9. The molecule has 10 heteroatoms. The largest absolute Gasteiger partial charge is 0.497 e. The number of carbonyl (C=O) groups excluding carboxylic acids is 2. The fourth-order valence-electron chi connectivity index (χ4n) is 4.27. The summed E-state index contributed by atoms with van der Waals surface area (Å²) in [6, 6.07) is 16.3. The van der Waals surface area contributed by atoms with Crippen LogP contribution in [0.3, 0.4) is 0 Å². The first-order valence-electron chi connectivity index (χ1n) is 12.1. The van der Waals surface area contributed by atoms with Crippen LogP contribution in [-0.4, -0.2) is 75.6 Å². The van der Waals surface area contributed by atoms with Gasteiger partial charge in [0.25, 0.3) is 11.8 Å². The lowest BCUT2D eigenvalue weighted by atomic mass is 9.97. The van der Waals surface area contributed by atoms with Gasteiger partial charge >= 0.3 is 0 Å². The Bertz CT molecular complexity index is 1280. The van der Waals surface area contributed by atoms with E-state index in [1.165, 1.54) is 21.2 Å². The molecule has 0 radical (unpaired) electrons. The number of nitrogens with zero attached hydrogens (tertiary/aromatic N) is 3. The summed E-state index contributed by atoms with van der Waals surface area (Å²) in [7, 11) is 6.35. The molecule has 0 spiro atoms. The molecular weight excluding hydrogens is 506 g/mol. The standard InChI is InChI=1S/C28H31N3O6S/c1-34-14-13-30(28(33)26-6-5-15-38-26)18-27(32)31-24(19-7-9-20(35-2)10-8-19)17-23(29-31)22-12-11-21(36-3)16-25(22)37-4/h5-12,15-16,24H,13-14,17-18H2,1-4H3. The molecule has 2 amide bonds.